The summed E-state index contributed by atoms with van der Waals surface area (Å²) >= 11 is 0. The smallest absolute Gasteiger partial charge is 0.166 e. The average Bonchev–Trinajstić information content (AvgIpc) is 2.10. The first-order chi connectivity index (χ1) is 5.77. The van der Waals surface area contributed by atoms with Gasteiger partial charge in [0.05, 0.1) is 0 Å². The molecule has 1 atom stereocenters. The van der Waals surface area contributed by atoms with Gasteiger partial charge in [-0.25, -0.2) is 0 Å². The Morgan fingerprint density at radius 3 is 2.33 bits per heavy atom. The predicted molar refractivity (Wildman–Crippen MR) is 45.9 cm³/mol. The Morgan fingerprint density at radius 2 is 1.92 bits per heavy atom. The number of likely N-dealkylation sites (N-methyl/N-ethyl adjacent to an activating group) is 1. The molecule has 0 amide bonds. The Kier molecular flexibility index (Phi) is 3.65. The Morgan fingerprint density at radius 1 is 1.33 bits per heavy atom. The number of carbonyl (C=O) groups excluding carboxylic acids is 1. The van der Waals surface area contributed by atoms with Crippen LogP contribution < -0.4 is 0 Å². The highest BCUT2D eigenvalue weighted by molar-refractivity contribution is 5.55. The van der Waals surface area contributed by atoms with Crippen LogP contribution in [-0.4, -0.2) is 62.7 Å². The highest BCUT2D eigenvalue weighted by Gasteiger charge is 2.20. The van der Waals surface area contributed by atoms with Gasteiger partial charge in [0.25, 0.3) is 0 Å². The Bertz CT molecular complexity index is 144. The molecule has 0 radical (unpaired) electrons. The minimum absolute atomic E-state index is 0.348. The van der Waals surface area contributed by atoms with Gasteiger partial charge in [-0.05, 0) is 7.05 Å². The van der Waals surface area contributed by atoms with Gasteiger partial charge in [-0.3, -0.25) is 9.69 Å². The van der Waals surface area contributed by atoms with Gasteiger partial charge in [0.15, 0.2) is 12.5 Å². The predicted octanol–water partition coefficient (Wildman–Crippen LogP) is -0.595. The van der Waals surface area contributed by atoms with Crippen molar-refractivity contribution in [3.05, 3.63) is 0 Å². The molecule has 0 saturated carbocycles. The largest absolute Gasteiger partial charge is 0.359 e. The molecule has 0 bridgehead atoms. The summed E-state index contributed by atoms with van der Waals surface area (Å²) in [5.74, 6) is 0. The number of rotatable bonds is 3. The zero-order valence-electron chi connectivity index (χ0n) is 7.69. The molecule has 1 rings (SSSR count). The quantitative estimate of drug-likeness (QED) is 0.532. The summed E-state index contributed by atoms with van der Waals surface area (Å²) in [6, 6.07) is 0. The average molecular weight is 172 g/mol. The number of hydrogen-bond donors (Lipinski definition) is 0. The van der Waals surface area contributed by atoms with E-state index in [-0.39, 0.29) is 6.23 Å². The number of nitrogens with zero attached hydrogens (tertiary/aromatic N) is 2. The van der Waals surface area contributed by atoms with E-state index in [9.17, 15) is 4.79 Å². The van der Waals surface area contributed by atoms with Gasteiger partial charge in [-0.2, -0.15) is 0 Å². The van der Waals surface area contributed by atoms with E-state index in [0.717, 1.165) is 32.5 Å². The van der Waals surface area contributed by atoms with Crippen LogP contribution in [0.4, 0.5) is 0 Å². The number of piperazine rings is 1. The van der Waals surface area contributed by atoms with Gasteiger partial charge in [0, 0.05) is 33.3 Å². The van der Waals surface area contributed by atoms with E-state index in [1.165, 1.54) is 0 Å². The van der Waals surface area contributed by atoms with E-state index in [4.69, 9.17) is 4.74 Å². The molecule has 0 aromatic rings. The molecule has 12 heavy (non-hydrogen) atoms. The van der Waals surface area contributed by atoms with Crippen LogP contribution in [0.15, 0.2) is 0 Å². The second-order valence-corrected chi connectivity index (χ2v) is 3.10. The highest BCUT2D eigenvalue weighted by atomic mass is 16.5. The molecule has 0 aromatic carbocycles. The summed E-state index contributed by atoms with van der Waals surface area (Å²) in [5, 5.41) is 0. The van der Waals surface area contributed by atoms with Crippen molar-refractivity contribution in [2.45, 2.75) is 6.23 Å². The second-order valence-electron chi connectivity index (χ2n) is 3.10. The molecule has 1 unspecified atom stereocenters. The van der Waals surface area contributed by atoms with Crippen LogP contribution >= 0.6 is 0 Å². The number of aldehydes is 1. The Balaban J connectivity index is 2.37. The molecule has 1 aliphatic rings. The van der Waals surface area contributed by atoms with Crippen LogP contribution in [0.1, 0.15) is 0 Å². The standard InChI is InChI=1S/C8H16N2O2/c1-9-3-5-10(6-4-9)8(7-11)12-2/h7-8H,3-6H2,1-2H3. The summed E-state index contributed by atoms with van der Waals surface area (Å²) in [6.07, 6.45) is 0.504. The lowest BCUT2D eigenvalue weighted by Crippen LogP contribution is -2.50. The molecule has 4 heteroatoms. The van der Waals surface area contributed by atoms with Crippen LogP contribution in [0.3, 0.4) is 0 Å². The van der Waals surface area contributed by atoms with E-state index in [1.54, 1.807) is 7.11 Å². The van der Waals surface area contributed by atoms with Gasteiger partial charge in [0.2, 0.25) is 0 Å². The molecular weight excluding hydrogens is 156 g/mol. The van der Waals surface area contributed by atoms with Gasteiger partial charge in [-0.15, -0.1) is 0 Å². The molecule has 0 aromatic heterocycles. The fourth-order valence-corrected chi connectivity index (χ4v) is 1.37. The molecule has 4 nitrogen and oxygen atoms in total. The van der Waals surface area contributed by atoms with Crippen LogP contribution in [-0.2, 0) is 9.53 Å². The summed E-state index contributed by atoms with van der Waals surface area (Å²) in [4.78, 5) is 14.8. The lowest BCUT2D eigenvalue weighted by atomic mass is 10.3. The summed E-state index contributed by atoms with van der Waals surface area (Å²) in [7, 11) is 3.65. The van der Waals surface area contributed by atoms with Crippen LogP contribution in [0.2, 0.25) is 0 Å². The van der Waals surface area contributed by atoms with Gasteiger partial charge in [0.1, 0.15) is 0 Å². The maximum Gasteiger partial charge on any atom is 0.166 e. The van der Waals surface area contributed by atoms with Crippen molar-refractivity contribution in [3.63, 3.8) is 0 Å². The van der Waals surface area contributed by atoms with E-state index in [2.05, 4.69) is 11.9 Å². The first kappa shape index (κ1) is 9.64. The van der Waals surface area contributed by atoms with Crippen molar-refractivity contribution in [1.82, 2.24) is 9.80 Å². The zero-order chi connectivity index (χ0) is 8.97. The third-order valence-corrected chi connectivity index (χ3v) is 2.26. The van der Waals surface area contributed by atoms with Gasteiger partial charge < -0.3 is 9.64 Å². The van der Waals surface area contributed by atoms with Crippen molar-refractivity contribution in [2.24, 2.45) is 0 Å². The van der Waals surface area contributed by atoms with Gasteiger partial charge >= 0.3 is 0 Å². The number of hydrogen-bond acceptors (Lipinski definition) is 4. The molecule has 1 saturated heterocycles. The van der Waals surface area contributed by atoms with Crippen molar-refractivity contribution >= 4 is 6.29 Å². The van der Waals surface area contributed by atoms with Crippen LogP contribution in [0.25, 0.3) is 0 Å². The monoisotopic (exact) mass is 172 g/mol. The van der Waals surface area contributed by atoms with Crippen molar-refractivity contribution in [3.8, 4) is 0 Å². The van der Waals surface area contributed by atoms with Crippen molar-refractivity contribution in [1.29, 1.82) is 0 Å². The summed E-state index contributed by atoms with van der Waals surface area (Å²) in [6.45, 7) is 3.84. The molecular formula is C8H16N2O2. The van der Waals surface area contributed by atoms with E-state index < -0.39 is 0 Å². The first-order valence-electron chi connectivity index (χ1n) is 4.18. The SMILES string of the molecule is COC(C=O)N1CCN(C)CC1. The van der Waals surface area contributed by atoms with Crippen LogP contribution in [0.5, 0.6) is 0 Å². The fraction of sp³-hybridized carbons (Fsp3) is 0.875. The first-order valence-corrected chi connectivity index (χ1v) is 4.18. The minimum Gasteiger partial charge on any atom is -0.359 e. The second kappa shape index (κ2) is 4.54. The molecule has 1 aliphatic heterocycles. The van der Waals surface area contributed by atoms with Crippen molar-refractivity contribution in [2.75, 3.05) is 40.3 Å². The third-order valence-electron chi connectivity index (χ3n) is 2.26. The van der Waals surface area contributed by atoms with Gasteiger partial charge in [-0.1, -0.05) is 0 Å². The molecule has 1 fully saturated rings. The normalized spacial score (nSPS) is 23.8. The summed E-state index contributed by atoms with van der Waals surface area (Å²) in [5.41, 5.74) is 0. The topological polar surface area (TPSA) is 32.8 Å². The van der Waals surface area contributed by atoms with Crippen LogP contribution in [0, 0.1) is 0 Å². The van der Waals surface area contributed by atoms with E-state index >= 15 is 0 Å². The molecule has 70 valence electrons. The Labute approximate surface area is 73.1 Å². The van der Waals surface area contributed by atoms with E-state index in [0.29, 0.717) is 0 Å². The highest BCUT2D eigenvalue weighted by Crippen LogP contribution is 2.03. The maximum absolute atomic E-state index is 10.5. The number of ether oxygens (including phenoxy) is 1. The van der Waals surface area contributed by atoms with E-state index in [1.807, 2.05) is 4.90 Å². The Hall–Kier alpha value is -0.450. The number of carbonyl (C=O) groups is 1. The fourth-order valence-electron chi connectivity index (χ4n) is 1.37. The van der Waals surface area contributed by atoms with Crippen molar-refractivity contribution < 1.29 is 9.53 Å². The lowest BCUT2D eigenvalue weighted by molar-refractivity contribution is -0.129. The lowest BCUT2D eigenvalue weighted by Gasteiger charge is -2.34. The molecule has 0 N–H and O–H groups in total. The molecule has 0 aliphatic carbocycles. The maximum atomic E-state index is 10.5. The minimum atomic E-state index is -0.348. The molecule has 0 spiro atoms. The number of methoxy groups -OCH3 is 1. The summed E-state index contributed by atoms with van der Waals surface area (Å²) < 4.78 is 5.01. The zero-order valence-corrected chi connectivity index (χ0v) is 7.69. The third kappa shape index (κ3) is 2.27. The molecule has 1 heterocycles.